The minimum atomic E-state index is -0.148. The Morgan fingerprint density at radius 3 is 2.82 bits per heavy atom. The molecule has 1 aromatic rings. The smallest absolute Gasteiger partial charge is 0.314 e. The molecule has 1 aromatic carbocycles. The number of hydrogen-bond donors (Lipinski definition) is 2. The molecule has 17 heavy (non-hydrogen) atoms. The molecule has 0 saturated carbocycles. The van der Waals surface area contributed by atoms with Crippen molar-refractivity contribution in [3.8, 4) is 5.75 Å². The number of rotatable bonds is 6. The Balaban J connectivity index is 2.14. The fraction of sp³-hybridized carbons (Fsp3) is 0.417. The van der Waals surface area contributed by atoms with E-state index in [-0.39, 0.29) is 6.03 Å². The SMILES string of the molecule is CCCNC(=O)NCCOc1cccc(Br)c1. The maximum absolute atomic E-state index is 11.2. The summed E-state index contributed by atoms with van der Waals surface area (Å²) in [7, 11) is 0. The molecule has 0 bridgehead atoms. The van der Waals surface area contributed by atoms with Gasteiger partial charge in [-0.15, -0.1) is 0 Å². The monoisotopic (exact) mass is 300 g/mol. The average molecular weight is 301 g/mol. The zero-order valence-corrected chi connectivity index (χ0v) is 11.4. The van der Waals surface area contributed by atoms with Gasteiger partial charge < -0.3 is 15.4 Å². The summed E-state index contributed by atoms with van der Waals surface area (Å²) in [6.45, 7) is 3.65. The predicted molar refractivity (Wildman–Crippen MR) is 71.3 cm³/mol. The maximum Gasteiger partial charge on any atom is 0.314 e. The van der Waals surface area contributed by atoms with Crippen molar-refractivity contribution in [1.29, 1.82) is 0 Å². The molecule has 0 heterocycles. The Morgan fingerprint density at radius 2 is 2.12 bits per heavy atom. The molecule has 2 amide bonds. The Morgan fingerprint density at radius 1 is 1.35 bits per heavy atom. The van der Waals surface area contributed by atoms with Gasteiger partial charge in [0.2, 0.25) is 0 Å². The molecule has 0 atom stereocenters. The van der Waals surface area contributed by atoms with Crippen LogP contribution in [0, 0.1) is 0 Å². The summed E-state index contributed by atoms with van der Waals surface area (Å²) in [5.41, 5.74) is 0. The minimum absolute atomic E-state index is 0.148. The fourth-order valence-electron chi connectivity index (χ4n) is 1.19. The lowest BCUT2D eigenvalue weighted by Crippen LogP contribution is -2.37. The first-order valence-corrected chi connectivity index (χ1v) is 6.41. The third-order valence-electron chi connectivity index (χ3n) is 1.99. The van der Waals surface area contributed by atoms with Crippen LogP contribution in [-0.2, 0) is 0 Å². The van der Waals surface area contributed by atoms with Gasteiger partial charge in [0.25, 0.3) is 0 Å². The molecule has 0 saturated heterocycles. The van der Waals surface area contributed by atoms with E-state index in [0.717, 1.165) is 16.6 Å². The van der Waals surface area contributed by atoms with E-state index < -0.39 is 0 Å². The van der Waals surface area contributed by atoms with Gasteiger partial charge in [-0.2, -0.15) is 0 Å². The number of ether oxygens (including phenoxy) is 1. The maximum atomic E-state index is 11.2. The molecule has 0 aromatic heterocycles. The summed E-state index contributed by atoms with van der Waals surface area (Å²) >= 11 is 3.36. The summed E-state index contributed by atoms with van der Waals surface area (Å²) in [5.74, 6) is 0.787. The molecule has 2 N–H and O–H groups in total. The number of urea groups is 1. The molecule has 0 aliphatic rings. The Kier molecular flexibility index (Phi) is 6.47. The van der Waals surface area contributed by atoms with E-state index in [1.807, 2.05) is 31.2 Å². The number of carbonyl (C=O) groups is 1. The van der Waals surface area contributed by atoms with Gasteiger partial charge in [0.15, 0.2) is 0 Å². The number of hydrogen-bond acceptors (Lipinski definition) is 2. The Bertz CT molecular complexity index is 358. The van der Waals surface area contributed by atoms with Crippen molar-refractivity contribution in [2.24, 2.45) is 0 Å². The summed E-state index contributed by atoms with van der Waals surface area (Å²) in [4.78, 5) is 11.2. The van der Waals surface area contributed by atoms with Gasteiger partial charge in [-0.1, -0.05) is 28.9 Å². The highest BCUT2D eigenvalue weighted by molar-refractivity contribution is 9.10. The molecule has 1 rings (SSSR count). The van der Waals surface area contributed by atoms with E-state index in [1.54, 1.807) is 0 Å². The molecule has 5 heteroatoms. The zero-order valence-electron chi connectivity index (χ0n) is 9.83. The molecule has 0 fully saturated rings. The normalized spacial score (nSPS) is 9.76. The molecular weight excluding hydrogens is 284 g/mol. The number of benzene rings is 1. The number of amides is 2. The molecular formula is C12H17BrN2O2. The largest absolute Gasteiger partial charge is 0.492 e. The molecule has 0 radical (unpaired) electrons. The van der Waals surface area contributed by atoms with Crippen LogP contribution >= 0.6 is 15.9 Å². The third kappa shape index (κ3) is 6.16. The van der Waals surface area contributed by atoms with Gasteiger partial charge in [0, 0.05) is 11.0 Å². The third-order valence-corrected chi connectivity index (χ3v) is 2.48. The van der Waals surface area contributed by atoms with E-state index >= 15 is 0 Å². The van der Waals surface area contributed by atoms with E-state index in [0.29, 0.717) is 19.7 Å². The highest BCUT2D eigenvalue weighted by Crippen LogP contribution is 2.17. The Labute approximate surface area is 110 Å². The molecule has 0 spiro atoms. The average Bonchev–Trinajstić information content (AvgIpc) is 2.32. The van der Waals surface area contributed by atoms with Crippen LogP contribution in [0.15, 0.2) is 28.7 Å². The molecule has 0 aliphatic heterocycles. The van der Waals surface area contributed by atoms with Crippen LogP contribution in [0.2, 0.25) is 0 Å². The number of halogens is 1. The lowest BCUT2D eigenvalue weighted by Gasteiger charge is -2.08. The zero-order chi connectivity index (χ0) is 12.5. The number of carbonyl (C=O) groups excluding carboxylic acids is 1. The summed E-state index contributed by atoms with van der Waals surface area (Å²) < 4.78 is 6.44. The highest BCUT2D eigenvalue weighted by Gasteiger charge is 1.98. The summed E-state index contributed by atoms with van der Waals surface area (Å²) in [6, 6.07) is 7.45. The van der Waals surface area contributed by atoms with Crippen molar-refractivity contribution in [3.63, 3.8) is 0 Å². The quantitative estimate of drug-likeness (QED) is 0.793. The van der Waals surface area contributed by atoms with Crippen molar-refractivity contribution in [2.45, 2.75) is 13.3 Å². The van der Waals surface area contributed by atoms with E-state index in [1.165, 1.54) is 0 Å². The second kappa shape index (κ2) is 7.95. The minimum Gasteiger partial charge on any atom is -0.492 e. The van der Waals surface area contributed by atoms with Crippen molar-refractivity contribution in [1.82, 2.24) is 10.6 Å². The van der Waals surface area contributed by atoms with Gasteiger partial charge in [-0.25, -0.2) is 4.79 Å². The fourth-order valence-corrected chi connectivity index (χ4v) is 1.57. The van der Waals surface area contributed by atoms with Crippen molar-refractivity contribution < 1.29 is 9.53 Å². The first-order chi connectivity index (χ1) is 8.22. The second-order valence-corrected chi connectivity index (χ2v) is 4.40. The van der Waals surface area contributed by atoms with Gasteiger partial charge in [-0.05, 0) is 24.6 Å². The van der Waals surface area contributed by atoms with Crippen LogP contribution in [0.1, 0.15) is 13.3 Å². The van der Waals surface area contributed by atoms with Crippen molar-refractivity contribution in [2.75, 3.05) is 19.7 Å². The standard InChI is InChI=1S/C12H17BrN2O2/c1-2-6-14-12(16)15-7-8-17-11-5-3-4-10(13)9-11/h3-5,9H,2,6-8H2,1H3,(H2,14,15,16). The summed E-state index contributed by atoms with van der Waals surface area (Å²) in [5, 5.41) is 5.44. The van der Waals surface area contributed by atoms with Gasteiger partial charge in [0.1, 0.15) is 12.4 Å². The molecule has 0 unspecified atom stereocenters. The van der Waals surface area contributed by atoms with Crippen LogP contribution in [0.25, 0.3) is 0 Å². The van der Waals surface area contributed by atoms with Crippen molar-refractivity contribution >= 4 is 22.0 Å². The number of nitrogens with one attached hydrogen (secondary N) is 2. The lowest BCUT2D eigenvalue weighted by atomic mass is 10.3. The molecule has 4 nitrogen and oxygen atoms in total. The predicted octanol–water partition coefficient (Wildman–Crippen LogP) is 2.54. The van der Waals surface area contributed by atoms with Crippen molar-refractivity contribution in [3.05, 3.63) is 28.7 Å². The molecule has 0 aliphatic carbocycles. The van der Waals surface area contributed by atoms with Crippen LogP contribution < -0.4 is 15.4 Å². The Hall–Kier alpha value is -1.23. The molecule has 94 valence electrons. The van der Waals surface area contributed by atoms with E-state index in [2.05, 4.69) is 26.6 Å². The lowest BCUT2D eigenvalue weighted by molar-refractivity contribution is 0.236. The second-order valence-electron chi connectivity index (χ2n) is 3.49. The summed E-state index contributed by atoms with van der Waals surface area (Å²) in [6.07, 6.45) is 0.933. The van der Waals surface area contributed by atoms with Gasteiger partial charge in [-0.3, -0.25) is 0 Å². The van der Waals surface area contributed by atoms with E-state index in [9.17, 15) is 4.79 Å². The first kappa shape index (κ1) is 13.8. The van der Waals surface area contributed by atoms with Crippen LogP contribution in [0.5, 0.6) is 5.75 Å². The van der Waals surface area contributed by atoms with Gasteiger partial charge >= 0.3 is 6.03 Å². The highest BCUT2D eigenvalue weighted by atomic mass is 79.9. The first-order valence-electron chi connectivity index (χ1n) is 5.62. The van der Waals surface area contributed by atoms with Crippen LogP contribution in [0.4, 0.5) is 4.79 Å². The van der Waals surface area contributed by atoms with Crippen LogP contribution in [0.3, 0.4) is 0 Å². The topological polar surface area (TPSA) is 50.4 Å². The van der Waals surface area contributed by atoms with E-state index in [4.69, 9.17) is 4.74 Å². The van der Waals surface area contributed by atoms with Gasteiger partial charge in [0.05, 0.1) is 6.54 Å². The van der Waals surface area contributed by atoms with Crippen LogP contribution in [-0.4, -0.2) is 25.7 Å².